The molecule has 2 aromatic carbocycles. The number of nitrogens with two attached hydrogens (primary N) is 1. The van der Waals surface area contributed by atoms with Crippen LogP contribution in [0.5, 0.6) is 0 Å². The highest BCUT2D eigenvalue weighted by Gasteiger charge is 2.23. The van der Waals surface area contributed by atoms with Gasteiger partial charge in [-0.25, -0.2) is 4.39 Å². The highest BCUT2D eigenvalue weighted by Crippen LogP contribution is 2.26. The van der Waals surface area contributed by atoms with E-state index in [1.54, 1.807) is 12.1 Å². The van der Waals surface area contributed by atoms with Crippen molar-refractivity contribution in [2.45, 2.75) is 25.8 Å². The average Bonchev–Trinajstić information content (AvgIpc) is 2.33. The fourth-order valence-corrected chi connectivity index (χ4v) is 2.32. The van der Waals surface area contributed by atoms with Gasteiger partial charge in [0.25, 0.3) is 0 Å². The van der Waals surface area contributed by atoms with Gasteiger partial charge in [0.1, 0.15) is 5.82 Å². The quantitative estimate of drug-likeness (QED) is 0.894. The van der Waals surface area contributed by atoms with Crippen molar-refractivity contribution in [1.82, 2.24) is 0 Å². The highest BCUT2D eigenvalue weighted by molar-refractivity contribution is 6.30. The van der Waals surface area contributed by atoms with Crippen molar-refractivity contribution < 1.29 is 4.39 Å². The molecular formula is C16H17ClFN. The lowest BCUT2D eigenvalue weighted by atomic mass is 9.86. The number of aryl methyl sites for hydroxylation is 1. The lowest BCUT2D eigenvalue weighted by Crippen LogP contribution is -2.35. The second-order valence-electron chi connectivity index (χ2n) is 5.20. The summed E-state index contributed by atoms with van der Waals surface area (Å²) in [5.74, 6) is -0.308. The summed E-state index contributed by atoms with van der Waals surface area (Å²) in [5.41, 5.74) is 8.46. The molecule has 1 atom stereocenters. The molecule has 0 bridgehead atoms. The number of benzene rings is 2. The molecule has 2 aromatic rings. The molecule has 100 valence electrons. The number of hydrogen-bond donors (Lipinski definition) is 1. The summed E-state index contributed by atoms with van der Waals surface area (Å²) in [4.78, 5) is 0. The summed E-state index contributed by atoms with van der Waals surface area (Å²) in [6.45, 7) is 3.93. The minimum atomic E-state index is -0.610. The Kier molecular flexibility index (Phi) is 3.93. The fourth-order valence-electron chi connectivity index (χ4n) is 2.16. The van der Waals surface area contributed by atoms with Crippen LogP contribution in [-0.4, -0.2) is 0 Å². The topological polar surface area (TPSA) is 26.0 Å². The van der Waals surface area contributed by atoms with Crippen molar-refractivity contribution in [2.75, 3.05) is 0 Å². The van der Waals surface area contributed by atoms with Crippen molar-refractivity contribution in [3.05, 3.63) is 70.0 Å². The largest absolute Gasteiger partial charge is 0.321 e. The summed E-state index contributed by atoms with van der Waals surface area (Å²) in [6.07, 6.45) is 0.430. The molecule has 0 saturated heterocycles. The molecule has 2 N–H and O–H groups in total. The summed E-state index contributed by atoms with van der Waals surface area (Å²) in [7, 11) is 0. The van der Waals surface area contributed by atoms with Gasteiger partial charge in [0.05, 0.1) is 0 Å². The smallest absolute Gasteiger partial charge is 0.127 e. The van der Waals surface area contributed by atoms with Crippen molar-refractivity contribution >= 4 is 11.6 Å². The van der Waals surface area contributed by atoms with Crippen LogP contribution in [0.25, 0.3) is 0 Å². The van der Waals surface area contributed by atoms with Gasteiger partial charge in [-0.3, -0.25) is 0 Å². The van der Waals surface area contributed by atoms with E-state index in [-0.39, 0.29) is 5.82 Å². The summed E-state index contributed by atoms with van der Waals surface area (Å²) < 4.78 is 13.8. The summed E-state index contributed by atoms with van der Waals surface area (Å²) in [5, 5.41) is 0.399. The number of hydrogen-bond acceptors (Lipinski definition) is 1. The van der Waals surface area contributed by atoms with Gasteiger partial charge in [0.2, 0.25) is 0 Å². The van der Waals surface area contributed by atoms with Gasteiger partial charge in [-0.05, 0) is 43.5 Å². The molecule has 0 aliphatic heterocycles. The minimum absolute atomic E-state index is 0.308. The Hall–Kier alpha value is -1.38. The first kappa shape index (κ1) is 14.0. The van der Waals surface area contributed by atoms with Crippen molar-refractivity contribution in [2.24, 2.45) is 5.73 Å². The SMILES string of the molecule is Cc1cccc(C(C)(N)Cc2ccc(Cl)cc2F)c1. The zero-order valence-corrected chi connectivity index (χ0v) is 11.8. The first-order chi connectivity index (χ1) is 8.88. The van der Waals surface area contributed by atoms with E-state index in [1.165, 1.54) is 6.07 Å². The molecule has 0 radical (unpaired) electrons. The van der Waals surface area contributed by atoms with Crippen molar-refractivity contribution in [3.8, 4) is 0 Å². The lowest BCUT2D eigenvalue weighted by molar-refractivity contribution is 0.475. The van der Waals surface area contributed by atoms with Crippen LogP contribution in [0, 0.1) is 12.7 Å². The first-order valence-corrected chi connectivity index (χ1v) is 6.56. The second kappa shape index (κ2) is 5.32. The van der Waals surface area contributed by atoms with Gasteiger partial charge < -0.3 is 5.73 Å². The Morgan fingerprint density at radius 3 is 2.58 bits per heavy atom. The van der Waals surface area contributed by atoms with Crippen molar-refractivity contribution in [1.29, 1.82) is 0 Å². The first-order valence-electron chi connectivity index (χ1n) is 6.18. The van der Waals surface area contributed by atoms with Gasteiger partial charge in [-0.2, -0.15) is 0 Å². The van der Waals surface area contributed by atoms with Gasteiger partial charge in [-0.15, -0.1) is 0 Å². The molecule has 3 heteroatoms. The molecule has 0 saturated carbocycles. The molecule has 0 aliphatic carbocycles. The van der Waals surface area contributed by atoms with Crippen LogP contribution < -0.4 is 5.73 Å². The predicted octanol–water partition coefficient (Wildman–Crippen LogP) is 4.20. The minimum Gasteiger partial charge on any atom is -0.321 e. The van der Waals surface area contributed by atoms with Crippen LogP contribution >= 0.6 is 11.6 Å². The van der Waals surface area contributed by atoms with Gasteiger partial charge in [0, 0.05) is 10.6 Å². The second-order valence-corrected chi connectivity index (χ2v) is 5.64. The fraction of sp³-hybridized carbons (Fsp3) is 0.250. The third-order valence-corrected chi connectivity index (χ3v) is 3.49. The Morgan fingerprint density at radius 2 is 1.95 bits per heavy atom. The maximum Gasteiger partial charge on any atom is 0.127 e. The van der Waals surface area contributed by atoms with Crippen LogP contribution in [0.1, 0.15) is 23.6 Å². The van der Waals surface area contributed by atoms with E-state index in [0.717, 1.165) is 11.1 Å². The normalized spacial score (nSPS) is 14.2. The molecule has 19 heavy (non-hydrogen) atoms. The molecule has 0 amide bonds. The molecule has 0 spiro atoms. The Balaban J connectivity index is 2.30. The molecule has 1 nitrogen and oxygen atoms in total. The van der Waals surface area contributed by atoms with E-state index < -0.39 is 5.54 Å². The maximum absolute atomic E-state index is 13.8. The zero-order valence-electron chi connectivity index (χ0n) is 11.1. The molecule has 0 aromatic heterocycles. The molecule has 0 aliphatic rings. The van der Waals surface area contributed by atoms with E-state index in [4.69, 9.17) is 17.3 Å². The maximum atomic E-state index is 13.8. The van der Waals surface area contributed by atoms with Gasteiger partial charge >= 0.3 is 0 Å². The zero-order chi connectivity index (χ0) is 14.0. The van der Waals surface area contributed by atoms with Crippen LogP contribution in [0.2, 0.25) is 5.02 Å². The molecular weight excluding hydrogens is 261 g/mol. The summed E-state index contributed by atoms with van der Waals surface area (Å²) in [6, 6.07) is 12.7. The van der Waals surface area contributed by atoms with E-state index in [2.05, 4.69) is 0 Å². The van der Waals surface area contributed by atoms with Gasteiger partial charge in [0.15, 0.2) is 0 Å². The number of halogens is 2. The molecule has 2 rings (SSSR count). The Morgan fingerprint density at radius 1 is 1.21 bits per heavy atom. The monoisotopic (exact) mass is 277 g/mol. The van der Waals surface area contributed by atoms with E-state index >= 15 is 0 Å². The molecule has 0 fully saturated rings. The van der Waals surface area contributed by atoms with Crippen LogP contribution in [0.15, 0.2) is 42.5 Å². The van der Waals surface area contributed by atoms with E-state index in [9.17, 15) is 4.39 Å². The standard InChI is InChI=1S/C16H17ClFN/c1-11-4-3-5-13(8-11)16(2,19)10-12-6-7-14(17)9-15(12)18/h3-9H,10,19H2,1-2H3. The van der Waals surface area contributed by atoms with Crippen molar-refractivity contribution in [3.63, 3.8) is 0 Å². The lowest BCUT2D eigenvalue weighted by Gasteiger charge is -2.26. The van der Waals surface area contributed by atoms with E-state index in [0.29, 0.717) is 17.0 Å². The van der Waals surface area contributed by atoms with Crippen LogP contribution in [0.4, 0.5) is 4.39 Å². The predicted molar refractivity (Wildman–Crippen MR) is 77.8 cm³/mol. The third-order valence-electron chi connectivity index (χ3n) is 3.25. The third kappa shape index (κ3) is 3.34. The summed E-state index contributed by atoms with van der Waals surface area (Å²) >= 11 is 5.75. The van der Waals surface area contributed by atoms with Crippen LogP contribution in [-0.2, 0) is 12.0 Å². The Bertz CT molecular complexity index is 593. The Labute approximate surface area is 118 Å². The van der Waals surface area contributed by atoms with Gasteiger partial charge in [-0.1, -0.05) is 47.5 Å². The molecule has 1 unspecified atom stereocenters. The average molecular weight is 278 g/mol. The van der Waals surface area contributed by atoms with E-state index in [1.807, 2.05) is 38.1 Å². The highest BCUT2D eigenvalue weighted by atomic mass is 35.5. The molecule has 0 heterocycles. The number of rotatable bonds is 3. The van der Waals surface area contributed by atoms with Crippen LogP contribution in [0.3, 0.4) is 0 Å².